The van der Waals surface area contributed by atoms with Crippen molar-refractivity contribution in [2.75, 3.05) is 6.61 Å². The van der Waals surface area contributed by atoms with Crippen LogP contribution < -0.4 is 0 Å². The number of Topliss-reactive ketones (excluding diaryl/α,β-unsaturated/α-hetero) is 1. The van der Waals surface area contributed by atoms with Crippen molar-refractivity contribution in [2.45, 2.75) is 96.0 Å². The van der Waals surface area contributed by atoms with Crippen molar-refractivity contribution < 1.29 is 19.8 Å². The lowest BCUT2D eigenvalue weighted by atomic mass is 9.49. The molecule has 6 aliphatic rings. The average molecular weight is 479 g/mol. The Morgan fingerprint density at radius 1 is 1.00 bits per heavy atom. The van der Waals surface area contributed by atoms with Crippen molar-refractivity contribution in [3.63, 3.8) is 0 Å². The van der Waals surface area contributed by atoms with Crippen LogP contribution in [0.25, 0.3) is 0 Å². The lowest BCUT2D eigenvalue weighted by molar-refractivity contribution is -0.125. The molecule has 0 spiro atoms. The quantitative estimate of drug-likeness (QED) is 0.513. The van der Waals surface area contributed by atoms with Crippen LogP contribution in [0.4, 0.5) is 0 Å². The van der Waals surface area contributed by atoms with Crippen LogP contribution in [-0.4, -0.2) is 34.0 Å². The minimum Gasteiger partial charge on any atom is -0.392 e. The predicted molar refractivity (Wildman–Crippen MR) is 135 cm³/mol. The summed E-state index contributed by atoms with van der Waals surface area (Å²) in [5.41, 5.74) is 3.36. The molecule has 6 aliphatic carbocycles. The molecular weight excluding hydrogens is 436 g/mol. The van der Waals surface area contributed by atoms with Crippen molar-refractivity contribution in [3.05, 3.63) is 34.9 Å². The molecule has 35 heavy (non-hydrogen) atoms. The average Bonchev–Trinajstić information content (AvgIpc) is 3.67. The van der Waals surface area contributed by atoms with Crippen LogP contribution in [0.5, 0.6) is 0 Å². The van der Waals surface area contributed by atoms with Gasteiger partial charge < -0.3 is 10.2 Å². The molecule has 190 valence electrons. The molecule has 2 N–H and O–H groups in total. The maximum atomic E-state index is 12.8. The van der Waals surface area contributed by atoms with Gasteiger partial charge in [-0.15, -0.1) is 0 Å². The van der Waals surface area contributed by atoms with Gasteiger partial charge in [-0.25, -0.2) is 0 Å². The summed E-state index contributed by atoms with van der Waals surface area (Å²) in [6, 6.07) is 0. The molecule has 0 heterocycles. The normalized spacial score (nSPS) is 43.6. The molecule has 0 saturated heterocycles. The van der Waals surface area contributed by atoms with Gasteiger partial charge in [-0.2, -0.15) is 0 Å². The molecule has 0 bridgehead atoms. The van der Waals surface area contributed by atoms with Crippen molar-refractivity contribution in [2.24, 2.45) is 40.9 Å². The Hall–Kier alpha value is -1.52. The third-order valence-electron chi connectivity index (χ3n) is 11.2. The van der Waals surface area contributed by atoms with Gasteiger partial charge >= 0.3 is 0 Å². The predicted octanol–water partition coefficient (Wildman–Crippen LogP) is 5.48. The number of ketones is 2. The number of fused-ring (bicyclic) bond motifs is 4. The van der Waals surface area contributed by atoms with Crippen molar-refractivity contribution in [1.82, 2.24) is 0 Å². The van der Waals surface area contributed by atoms with E-state index in [4.69, 9.17) is 0 Å². The minimum absolute atomic E-state index is 0.0353. The number of carbonyl (C=O) groups is 2. The Morgan fingerprint density at radius 2 is 1.71 bits per heavy atom. The second kappa shape index (κ2) is 8.80. The lowest BCUT2D eigenvalue weighted by Crippen LogP contribution is -2.52. The van der Waals surface area contributed by atoms with Gasteiger partial charge in [0.15, 0.2) is 5.78 Å². The van der Waals surface area contributed by atoms with Crippen LogP contribution >= 0.6 is 0 Å². The number of aliphatic hydroxyl groups excluding tert-OH is 1. The molecule has 4 heteroatoms. The Kier molecular flexibility index (Phi) is 6.00. The van der Waals surface area contributed by atoms with Gasteiger partial charge in [-0.05, 0) is 118 Å². The summed E-state index contributed by atoms with van der Waals surface area (Å²) in [6.07, 6.45) is 18.4. The van der Waals surface area contributed by atoms with Crippen LogP contribution in [0.3, 0.4) is 0 Å². The standard InChI is InChI=1S/C31H42O4/c1-30-18-26(19-3-5-20(6-4-19)29(34)21-7-8-21)28-24-12-10-23(33)17-22(24)9-11-25(28)27(30)13-15-31(30,35)14-2-16-32/h2,14,17,19-21,25-27,32,35H,3-13,15-16,18H2,1H3/b14-2-/t19?,20?,25?,26-,27?,30+,31+/m1/s1. The summed E-state index contributed by atoms with van der Waals surface area (Å²) in [7, 11) is 0. The Bertz CT molecular complexity index is 991. The SMILES string of the molecule is C[C@]12C[C@H](C3CCC(C(=O)C4CC4)CC3)C3=C4CCC(=O)C=C4CCC3C1CC[C@@]2(O)/C=C\CO. The van der Waals surface area contributed by atoms with E-state index < -0.39 is 5.60 Å². The minimum atomic E-state index is -0.868. The Labute approximate surface area is 209 Å². The second-order valence-electron chi connectivity index (χ2n) is 12.9. The van der Waals surface area contributed by atoms with Gasteiger partial charge in [-0.3, -0.25) is 9.59 Å². The summed E-state index contributed by atoms with van der Waals surface area (Å²) in [5.74, 6) is 3.36. The highest BCUT2D eigenvalue weighted by Gasteiger charge is 2.62. The molecule has 5 atom stereocenters. The number of carbonyl (C=O) groups excluding carboxylic acids is 2. The fourth-order valence-corrected chi connectivity index (χ4v) is 9.21. The van der Waals surface area contributed by atoms with Crippen LogP contribution in [0.15, 0.2) is 34.9 Å². The zero-order chi connectivity index (χ0) is 24.4. The van der Waals surface area contributed by atoms with E-state index in [-0.39, 0.29) is 23.7 Å². The topological polar surface area (TPSA) is 74.6 Å². The number of aliphatic hydroxyl groups is 2. The highest BCUT2D eigenvalue weighted by atomic mass is 16.3. The van der Waals surface area contributed by atoms with Gasteiger partial charge in [0.05, 0.1) is 12.2 Å². The first-order valence-electron chi connectivity index (χ1n) is 14.4. The van der Waals surface area contributed by atoms with E-state index in [1.165, 1.54) is 11.1 Å². The Balaban J connectivity index is 1.36. The summed E-state index contributed by atoms with van der Waals surface area (Å²) in [6.45, 7) is 2.28. The van der Waals surface area contributed by atoms with E-state index in [1.54, 1.807) is 11.6 Å². The molecule has 4 saturated carbocycles. The van der Waals surface area contributed by atoms with Crippen LogP contribution in [-0.2, 0) is 9.59 Å². The summed E-state index contributed by atoms with van der Waals surface area (Å²) < 4.78 is 0. The fraction of sp³-hybridized carbons (Fsp3) is 0.742. The fourth-order valence-electron chi connectivity index (χ4n) is 9.21. The second-order valence-corrected chi connectivity index (χ2v) is 12.9. The van der Waals surface area contributed by atoms with Gasteiger partial charge in [0.2, 0.25) is 0 Å². The van der Waals surface area contributed by atoms with Gasteiger partial charge in [-0.1, -0.05) is 24.6 Å². The highest BCUT2D eigenvalue weighted by Crippen LogP contribution is 2.67. The molecular formula is C31H42O4. The molecule has 4 fully saturated rings. The maximum Gasteiger partial charge on any atom is 0.156 e. The lowest BCUT2D eigenvalue weighted by Gasteiger charge is -2.56. The third-order valence-corrected chi connectivity index (χ3v) is 11.2. The van der Waals surface area contributed by atoms with Crippen molar-refractivity contribution >= 4 is 11.6 Å². The molecule has 0 aromatic heterocycles. The zero-order valence-electron chi connectivity index (χ0n) is 21.3. The monoisotopic (exact) mass is 478 g/mol. The van der Waals surface area contributed by atoms with E-state index in [9.17, 15) is 19.8 Å². The van der Waals surface area contributed by atoms with Gasteiger partial charge in [0.25, 0.3) is 0 Å². The maximum absolute atomic E-state index is 12.8. The van der Waals surface area contributed by atoms with E-state index in [1.807, 2.05) is 12.2 Å². The first-order chi connectivity index (χ1) is 16.8. The smallest absolute Gasteiger partial charge is 0.156 e. The molecule has 0 radical (unpaired) electrons. The molecule has 0 aromatic rings. The number of hydrogen-bond donors (Lipinski definition) is 2. The summed E-state index contributed by atoms with van der Waals surface area (Å²) >= 11 is 0. The van der Waals surface area contributed by atoms with E-state index in [2.05, 4.69) is 6.92 Å². The number of rotatable bonds is 5. The number of allylic oxidation sites excluding steroid dienone is 4. The van der Waals surface area contributed by atoms with Gasteiger partial charge in [0, 0.05) is 23.7 Å². The van der Waals surface area contributed by atoms with Crippen LogP contribution in [0, 0.1) is 40.9 Å². The largest absolute Gasteiger partial charge is 0.392 e. The number of hydrogen-bond acceptors (Lipinski definition) is 4. The van der Waals surface area contributed by atoms with E-state index >= 15 is 0 Å². The first-order valence-corrected chi connectivity index (χ1v) is 14.4. The van der Waals surface area contributed by atoms with E-state index in [0.29, 0.717) is 41.8 Å². The molecule has 2 unspecified atom stereocenters. The van der Waals surface area contributed by atoms with Crippen LogP contribution in [0.2, 0.25) is 0 Å². The van der Waals surface area contributed by atoms with Crippen molar-refractivity contribution in [3.8, 4) is 0 Å². The first kappa shape index (κ1) is 23.9. The van der Waals surface area contributed by atoms with Crippen molar-refractivity contribution in [1.29, 1.82) is 0 Å². The Morgan fingerprint density at radius 3 is 2.40 bits per heavy atom. The highest BCUT2D eigenvalue weighted by molar-refractivity contribution is 5.93. The third kappa shape index (κ3) is 3.85. The van der Waals surface area contributed by atoms with Gasteiger partial charge in [0.1, 0.15) is 5.78 Å². The molecule has 0 amide bonds. The zero-order valence-corrected chi connectivity index (χ0v) is 21.3. The molecule has 0 aromatic carbocycles. The molecule has 6 rings (SSSR count). The van der Waals surface area contributed by atoms with Crippen LogP contribution in [0.1, 0.15) is 90.4 Å². The summed E-state index contributed by atoms with van der Waals surface area (Å²) in [5, 5.41) is 21.4. The molecule has 4 nitrogen and oxygen atoms in total. The molecule has 0 aliphatic heterocycles. The van der Waals surface area contributed by atoms with E-state index in [0.717, 1.165) is 77.0 Å². The summed E-state index contributed by atoms with van der Waals surface area (Å²) in [4.78, 5) is 25.0.